The molecule has 3 N–H and O–H groups in total. The number of hydrogen-bond acceptors (Lipinski definition) is 5. The standard InChI is InChI=1S/C9H11N5S/c1-5-7(10)13-6(2)14-8(5)15-9-11-3-4-12-9/h3-4H,1-2H3,(H,11,12)(H2,10,13,14). The van der Waals surface area contributed by atoms with Gasteiger partial charge in [-0.25, -0.2) is 15.0 Å². The molecule has 0 bridgehead atoms. The van der Waals surface area contributed by atoms with E-state index in [1.54, 1.807) is 12.4 Å². The molecule has 0 aliphatic carbocycles. The van der Waals surface area contributed by atoms with E-state index in [9.17, 15) is 0 Å². The van der Waals surface area contributed by atoms with Crippen molar-refractivity contribution >= 4 is 17.6 Å². The van der Waals surface area contributed by atoms with Crippen LogP contribution in [0.4, 0.5) is 5.82 Å². The summed E-state index contributed by atoms with van der Waals surface area (Å²) in [7, 11) is 0. The van der Waals surface area contributed by atoms with Crippen molar-refractivity contribution in [1.29, 1.82) is 0 Å². The molecule has 0 saturated heterocycles. The third-order valence-corrected chi connectivity index (χ3v) is 2.92. The van der Waals surface area contributed by atoms with Gasteiger partial charge in [0, 0.05) is 18.0 Å². The number of nitrogens with two attached hydrogens (primary N) is 1. The van der Waals surface area contributed by atoms with Crippen LogP contribution in [0.5, 0.6) is 0 Å². The second kappa shape index (κ2) is 3.90. The number of rotatable bonds is 2. The van der Waals surface area contributed by atoms with Crippen molar-refractivity contribution in [3.63, 3.8) is 0 Å². The molecule has 15 heavy (non-hydrogen) atoms. The highest BCUT2D eigenvalue weighted by molar-refractivity contribution is 7.99. The zero-order valence-electron chi connectivity index (χ0n) is 8.48. The lowest BCUT2D eigenvalue weighted by molar-refractivity contribution is 0.938. The molecule has 0 spiro atoms. The van der Waals surface area contributed by atoms with E-state index in [0.29, 0.717) is 11.6 Å². The second-order valence-electron chi connectivity index (χ2n) is 3.08. The predicted octanol–water partition coefficient (Wildman–Crippen LogP) is 1.55. The predicted molar refractivity (Wildman–Crippen MR) is 58.6 cm³/mol. The molecule has 0 fully saturated rings. The Morgan fingerprint density at radius 1 is 1.33 bits per heavy atom. The Labute approximate surface area is 91.5 Å². The van der Waals surface area contributed by atoms with E-state index in [2.05, 4.69) is 19.9 Å². The minimum absolute atomic E-state index is 0.525. The van der Waals surface area contributed by atoms with Gasteiger partial charge in [-0.15, -0.1) is 0 Å². The van der Waals surface area contributed by atoms with Crippen LogP contribution >= 0.6 is 11.8 Å². The van der Waals surface area contributed by atoms with Gasteiger partial charge in [0.05, 0.1) is 0 Å². The monoisotopic (exact) mass is 221 g/mol. The summed E-state index contributed by atoms with van der Waals surface area (Å²) in [5.74, 6) is 1.20. The number of hydrogen-bond donors (Lipinski definition) is 2. The third-order valence-electron chi connectivity index (χ3n) is 1.92. The first-order valence-corrected chi connectivity index (χ1v) is 5.26. The first kappa shape index (κ1) is 9.97. The molecule has 2 aromatic heterocycles. The molecular formula is C9H11N5S. The Hall–Kier alpha value is -1.56. The Morgan fingerprint density at radius 3 is 2.80 bits per heavy atom. The van der Waals surface area contributed by atoms with Crippen molar-refractivity contribution in [3.8, 4) is 0 Å². The first-order valence-electron chi connectivity index (χ1n) is 4.45. The van der Waals surface area contributed by atoms with E-state index < -0.39 is 0 Å². The molecule has 0 radical (unpaired) electrons. The number of H-pyrrole nitrogens is 1. The maximum absolute atomic E-state index is 5.76. The number of nitrogens with one attached hydrogen (secondary N) is 1. The molecule has 0 unspecified atom stereocenters. The van der Waals surface area contributed by atoms with Gasteiger partial charge in [-0.05, 0) is 25.6 Å². The summed E-state index contributed by atoms with van der Waals surface area (Å²) in [4.78, 5) is 15.5. The minimum Gasteiger partial charge on any atom is -0.383 e. The van der Waals surface area contributed by atoms with Gasteiger partial charge in [0.15, 0.2) is 5.16 Å². The lowest BCUT2D eigenvalue weighted by Crippen LogP contribution is -2.01. The minimum atomic E-state index is 0.525. The van der Waals surface area contributed by atoms with Crippen molar-refractivity contribution in [2.24, 2.45) is 0 Å². The largest absolute Gasteiger partial charge is 0.383 e. The van der Waals surface area contributed by atoms with Crippen molar-refractivity contribution in [1.82, 2.24) is 19.9 Å². The zero-order chi connectivity index (χ0) is 10.8. The van der Waals surface area contributed by atoms with E-state index in [1.807, 2.05) is 13.8 Å². The van der Waals surface area contributed by atoms with Gasteiger partial charge in [-0.3, -0.25) is 0 Å². The summed E-state index contributed by atoms with van der Waals surface area (Å²) >= 11 is 1.45. The SMILES string of the molecule is Cc1nc(N)c(C)c(Sc2ncc[nH]2)n1. The summed E-state index contributed by atoms with van der Waals surface area (Å²) in [6.45, 7) is 3.72. The van der Waals surface area contributed by atoms with Crippen LogP contribution in [0.1, 0.15) is 11.4 Å². The quantitative estimate of drug-likeness (QED) is 0.752. The van der Waals surface area contributed by atoms with Gasteiger partial charge in [0.2, 0.25) is 0 Å². The summed E-state index contributed by atoms with van der Waals surface area (Å²) in [6.07, 6.45) is 3.48. The molecule has 78 valence electrons. The van der Waals surface area contributed by atoms with Gasteiger partial charge in [-0.2, -0.15) is 0 Å². The van der Waals surface area contributed by atoms with E-state index in [4.69, 9.17) is 5.73 Å². The second-order valence-corrected chi connectivity index (χ2v) is 4.06. The molecule has 0 saturated carbocycles. The molecule has 0 aliphatic heterocycles. The van der Waals surface area contributed by atoms with Crippen molar-refractivity contribution in [3.05, 3.63) is 23.8 Å². The van der Waals surface area contributed by atoms with Crippen molar-refractivity contribution in [2.75, 3.05) is 5.73 Å². The molecule has 2 aromatic rings. The number of nitrogens with zero attached hydrogens (tertiary/aromatic N) is 3. The topological polar surface area (TPSA) is 80.5 Å². The lowest BCUT2D eigenvalue weighted by Gasteiger charge is -2.05. The molecule has 6 heteroatoms. The smallest absolute Gasteiger partial charge is 0.171 e. The molecule has 0 amide bonds. The molecule has 0 aromatic carbocycles. The average Bonchev–Trinajstić information content (AvgIpc) is 2.66. The van der Waals surface area contributed by atoms with Crippen molar-refractivity contribution in [2.45, 2.75) is 24.0 Å². The Kier molecular flexibility index (Phi) is 2.59. The fourth-order valence-electron chi connectivity index (χ4n) is 1.12. The number of anilines is 1. The number of aromatic amines is 1. The molecule has 0 aliphatic rings. The first-order chi connectivity index (χ1) is 7.16. The lowest BCUT2D eigenvalue weighted by atomic mass is 10.3. The highest BCUT2D eigenvalue weighted by Gasteiger charge is 2.09. The van der Waals surface area contributed by atoms with E-state index in [1.165, 1.54) is 11.8 Å². The molecule has 5 nitrogen and oxygen atoms in total. The normalized spacial score (nSPS) is 10.5. The number of aryl methyl sites for hydroxylation is 1. The van der Waals surface area contributed by atoms with Gasteiger partial charge in [-0.1, -0.05) is 0 Å². The van der Waals surface area contributed by atoms with Crippen molar-refractivity contribution < 1.29 is 0 Å². The summed E-state index contributed by atoms with van der Waals surface area (Å²) in [5.41, 5.74) is 6.65. The summed E-state index contributed by atoms with van der Waals surface area (Å²) < 4.78 is 0. The number of nitrogen functional groups attached to an aromatic ring is 1. The third kappa shape index (κ3) is 2.10. The Bertz CT molecular complexity index is 466. The van der Waals surface area contributed by atoms with Crippen LogP contribution < -0.4 is 5.73 Å². The van der Waals surface area contributed by atoms with Crippen LogP contribution in [0, 0.1) is 13.8 Å². The van der Waals surface area contributed by atoms with Crippen LogP contribution in [0.2, 0.25) is 0 Å². The van der Waals surface area contributed by atoms with E-state index in [-0.39, 0.29) is 0 Å². The number of imidazole rings is 1. The van der Waals surface area contributed by atoms with Gasteiger partial charge in [0.25, 0.3) is 0 Å². The van der Waals surface area contributed by atoms with Gasteiger partial charge >= 0.3 is 0 Å². The zero-order valence-corrected chi connectivity index (χ0v) is 9.30. The molecule has 2 heterocycles. The summed E-state index contributed by atoms with van der Waals surface area (Å²) in [6, 6.07) is 0. The Morgan fingerprint density at radius 2 is 2.13 bits per heavy atom. The van der Waals surface area contributed by atoms with E-state index >= 15 is 0 Å². The highest BCUT2D eigenvalue weighted by atomic mass is 32.2. The number of aromatic nitrogens is 4. The van der Waals surface area contributed by atoms with Crippen LogP contribution in [0.3, 0.4) is 0 Å². The van der Waals surface area contributed by atoms with Crippen LogP contribution in [-0.2, 0) is 0 Å². The van der Waals surface area contributed by atoms with E-state index in [0.717, 1.165) is 15.7 Å². The van der Waals surface area contributed by atoms with Gasteiger partial charge in [0.1, 0.15) is 16.7 Å². The van der Waals surface area contributed by atoms with Crippen LogP contribution in [0.25, 0.3) is 0 Å². The maximum Gasteiger partial charge on any atom is 0.171 e. The average molecular weight is 221 g/mol. The van der Waals surface area contributed by atoms with Crippen LogP contribution in [-0.4, -0.2) is 19.9 Å². The molecule has 0 atom stereocenters. The Balaban J connectivity index is 2.36. The molecule has 2 rings (SSSR count). The highest BCUT2D eigenvalue weighted by Crippen LogP contribution is 2.27. The fourth-order valence-corrected chi connectivity index (χ4v) is 1.98. The summed E-state index contributed by atoms with van der Waals surface area (Å²) in [5, 5.41) is 1.64. The molecular weight excluding hydrogens is 210 g/mol. The fraction of sp³-hybridized carbons (Fsp3) is 0.222. The maximum atomic E-state index is 5.76. The van der Waals surface area contributed by atoms with Crippen LogP contribution in [0.15, 0.2) is 22.6 Å². The van der Waals surface area contributed by atoms with Gasteiger partial charge < -0.3 is 10.7 Å².